The Morgan fingerprint density at radius 2 is 1.88 bits per heavy atom. The second-order valence-corrected chi connectivity index (χ2v) is 6.46. The predicted molar refractivity (Wildman–Crippen MR) is 98.6 cm³/mol. The van der Waals surface area contributed by atoms with Gasteiger partial charge >= 0.3 is 0 Å². The molecule has 0 atom stereocenters. The molecule has 128 valence electrons. The molecule has 0 aliphatic carbocycles. The van der Waals surface area contributed by atoms with Gasteiger partial charge in [-0.2, -0.15) is 0 Å². The molecule has 5 nitrogen and oxygen atoms in total. The molecule has 25 heavy (non-hydrogen) atoms. The Labute approximate surface area is 155 Å². The first-order valence-corrected chi connectivity index (χ1v) is 8.47. The maximum atomic E-state index is 6.21. The summed E-state index contributed by atoms with van der Waals surface area (Å²) in [5.41, 5.74) is 2.81. The van der Waals surface area contributed by atoms with Gasteiger partial charge in [-0.05, 0) is 30.3 Å². The summed E-state index contributed by atoms with van der Waals surface area (Å²) in [6.07, 6.45) is 1.81. The van der Waals surface area contributed by atoms with Crippen LogP contribution in [0.1, 0.15) is 5.56 Å². The molecule has 1 aromatic heterocycles. The number of imidazole rings is 1. The Morgan fingerprint density at radius 3 is 2.68 bits per heavy atom. The van der Waals surface area contributed by atoms with Crippen LogP contribution in [0.5, 0.6) is 11.5 Å². The number of aromatic nitrogens is 2. The van der Waals surface area contributed by atoms with Crippen LogP contribution in [0.25, 0.3) is 11.3 Å². The minimum absolute atomic E-state index is 0.259. The first-order valence-electron chi connectivity index (χ1n) is 7.72. The molecule has 4 rings (SSSR count). The van der Waals surface area contributed by atoms with E-state index in [-0.39, 0.29) is 6.79 Å². The van der Waals surface area contributed by atoms with E-state index in [1.54, 1.807) is 0 Å². The lowest BCUT2D eigenvalue weighted by molar-refractivity contribution is 0.174. The van der Waals surface area contributed by atoms with Crippen LogP contribution in [0.15, 0.2) is 42.6 Å². The zero-order valence-corrected chi connectivity index (χ0v) is 14.9. The molecule has 3 aromatic rings. The number of ether oxygens (including phenoxy) is 2. The largest absolute Gasteiger partial charge is 0.454 e. The molecule has 0 bridgehead atoms. The normalized spacial score (nSPS) is 12.4. The molecule has 0 fully saturated rings. The summed E-state index contributed by atoms with van der Waals surface area (Å²) >= 11 is 12.4. The zero-order chi connectivity index (χ0) is 17.4. The van der Waals surface area contributed by atoms with Crippen LogP contribution in [0.3, 0.4) is 0 Å². The fourth-order valence-electron chi connectivity index (χ4n) is 2.77. The fraction of sp³-hybridized carbons (Fsp3) is 0.167. The molecule has 0 saturated heterocycles. The highest BCUT2D eigenvalue weighted by molar-refractivity contribution is 6.36. The van der Waals surface area contributed by atoms with Gasteiger partial charge in [0.15, 0.2) is 11.5 Å². The van der Waals surface area contributed by atoms with Crippen LogP contribution in [-0.4, -0.2) is 16.3 Å². The van der Waals surface area contributed by atoms with Crippen molar-refractivity contribution in [3.63, 3.8) is 0 Å². The molecule has 7 heteroatoms. The summed E-state index contributed by atoms with van der Waals surface area (Å²) < 4.78 is 12.8. The lowest BCUT2D eigenvalue weighted by Crippen LogP contribution is -2.06. The molecule has 1 aliphatic rings. The van der Waals surface area contributed by atoms with Gasteiger partial charge in [0.25, 0.3) is 0 Å². The number of benzene rings is 2. The van der Waals surface area contributed by atoms with E-state index < -0.39 is 0 Å². The SMILES string of the molecule is Cn1c(-c2ccc3c(c2)OCO3)cnc1NCc1c(Cl)cccc1Cl. The van der Waals surface area contributed by atoms with Crippen molar-refractivity contribution in [2.75, 3.05) is 12.1 Å². The van der Waals surface area contributed by atoms with Crippen molar-refractivity contribution in [3.05, 3.63) is 58.2 Å². The number of halogens is 2. The molecule has 0 radical (unpaired) electrons. The van der Waals surface area contributed by atoms with Crippen molar-refractivity contribution in [2.24, 2.45) is 7.05 Å². The number of nitrogens with one attached hydrogen (secondary N) is 1. The lowest BCUT2D eigenvalue weighted by Gasteiger charge is -2.11. The molecule has 2 aromatic carbocycles. The average Bonchev–Trinajstić information content (AvgIpc) is 3.20. The van der Waals surface area contributed by atoms with Crippen LogP contribution in [0.4, 0.5) is 5.95 Å². The molecule has 0 spiro atoms. The highest BCUT2D eigenvalue weighted by Gasteiger charge is 2.16. The zero-order valence-electron chi connectivity index (χ0n) is 13.4. The third-order valence-corrected chi connectivity index (χ3v) is 4.85. The van der Waals surface area contributed by atoms with Gasteiger partial charge in [-0.3, -0.25) is 0 Å². The van der Waals surface area contributed by atoms with Crippen molar-refractivity contribution in [1.29, 1.82) is 0 Å². The number of fused-ring (bicyclic) bond motifs is 1. The molecular weight excluding hydrogens is 361 g/mol. The van der Waals surface area contributed by atoms with Crippen molar-refractivity contribution in [3.8, 4) is 22.8 Å². The van der Waals surface area contributed by atoms with Gasteiger partial charge in [0, 0.05) is 34.8 Å². The minimum atomic E-state index is 0.259. The molecule has 0 amide bonds. The maximum Gasteiger partial charge on any atom is 0.231 e. The Morgan fingerprint density at radius 1 is 1.12 bits per heavy atom. The summed E-state index contributed by atoms with van der Waals surface area (Å²) in [6.45, 7) is 0.750. The number of hydrogen-bond acceptors (Lipinski definition) is 4. The standard InChI is InChI=1S/C18H15Cl2N3O2/c1-23-15(11-5-6-16-17(7-11)25-10-24-16)9-22-18(23)21-8-12-13(19)3-2-4-14(12)20/h2-7,9H,8,10H2,1H3,(H,21,22). The van der Waals surface area contributed by atoms with Crippen molar-refractivity contribution < 1.29 is 9.47 Å². The van der Waals surface area contributed by atoms with E-state index in [0.717, 1.165) is 34.3 Å². The topological polar surface area (TPSA) is 48.3 Å². The first-order chi connectivity index (χ1) is 12.1. The fourth-order valence-corrected chi connectivity index (χ4v) is 3.30. The van der Waals surface area contributed by atoms with Gasteiger partial charge < -0.3 is 19.4 Å². The van der Waals surface area contributed by atoms with Gasteiger partial charge in [-0.1, -0.05) is 29.3 Å². The van der Waals surface area contributed by atoms with E-state index in [0.29, 0.717) is 16.6 Å². The summed E-state index contributed by atoms with van der Waals surface area (Å²) in [4.78, 5) is 4.45. The third-order valence-electron chi connectivity index (χ3n) is 4.14. The smallest absolute Gasteiger partial charge is 0.231 e. The number of rotatable bonds is 4. The van der Waals surface area contributed by atoms with Crippen LogP contribution in [-0.2, 0) is 13.6 Å². The number of anilines is 1. The molecule has 0 saturated carbocycles. The van der Waals surface area contributed by atoms with Crippen molar-refractivity contribution in [1.82, 2.24) is 9.55 Å². The minimum Gasteiger partial charge on any atom is -0.454 e. The van der Waals surface area contributed by atoms with Gasteiger partial charge in [-0.25, -0.2) is 4.98 Å². The van der Waals surface area contributed by atoms with E-state index in [2.05, 4.69) is 10.3 Å². The Hall–Kier alpha value is -2.37. The Bertz CT molecular complexity index is 920. The molecule has 0 unspecified atom stereocenters. The summed E-state index contributed by atoms with van der Waals surface area (Å²) in [6, 6.07) is 11.3. The van der Waals surface area contributed by atoms with Crippen LogP contribution < -0.4 is 14.8 Å². The predicted octanol–water partition coefficient (Wildman–Crippen LogP) is 4.73. The summed E-state index contributed by atoms with van der Waals surface area (Å²) in [5.74, 6) is 2.23. The molecular formula is C18H15Cl2N3O2. The Kier molecular flexibility index (Phi) is 4.19. The summed E-state index contributed by atoms with van der Waals surface area (Å²) in [5, 5.41) is 4.54. The third kappa shape index (κ3) is 3.01. The van der Waals surface area contributed by atoms with E-state index in [9.17, 15) is 0 Å². The summed E-state index contributed by atoms with van der Waals surface area (Å²) in [7, 11) is 1.95. The van der Waals surface area contributed by atoms with Gasteiger partial charge in [0.05, 0.1) is 11.9 Å². The van der Waals surface area contributed by atoms with E-state index >= 15 is 0 Å². The number of nitrogens with zero attached hydrogens (tertiary/aromatic N) is 2. The molecule has 2 heterocycles. The molecule has 1 aliphatic heterocycles. The number of hydrogen-bond donors (Lipinski definition) is 1. The second-order valence-electron chi connectivity index (χ2n) is 5.65. The van der Waals surface area contributed by atoms with Crippen molar-refractivity contribution in [2.45, 2.75) is 6.54 Å². The second kappa shape index (κ2) is 6.50. The van der Waals surface area contributed by atoms with Gasteiger partial charge in [0.1, 0.15) is 0 Å². The highest BCUT2D eigenvalue weighted by atomic mass is 35.5. The maximum absolute atomic E-state index is 6.21. The van der Waals surface area contributed by atoms with Gasteiger partial charge in [0.2, 0.25) is 12.7 Å². The van der Waals surface area contributed by atoms with Gasteiger partial charge in [-0.15, -0.1) is 0 Å². The van der Waals surface area contributed by atoms with Crippen LogP contribution in [0.2, 0.25) is 10.0 Å². The molecule has 1 N–H and O–H groups in total. The van der Waals surface area contributed by atoms with Crippen LogP contribution in [0, 0.1) is 0 Å². The van der Waals surface area contributed by atoms with Crippen molar-refractivity contribution >= 4 is 29.2 Å². The monoisotopic (exact) mass is 375 g/mol. The van der Waals surface area contributed by atoms with E-state index in [1.165, 1.54) is 0 Å². The Balaban J connectivity index is 1.57. The lowest BCUT2D eigenvalue weighted by atomic mass is 10.1. The van der Waals surface area contributed by atoms with E-state index in [4.69, 9.17) is 32.7 Å². The first kappa shape index (κ1) is 16.1. The highest BCUT2D eigenvalue weighted by Crippen LogP contribution is 2.36. The van der Waals surface area contributed by atoms with Crippen LogP contribution >= 0.6 is 23.2 Å². The average molecular weight is 376 g/mol. The quantitative estimate of drug-likeness (QED) is 0.715. The van der Waals surface area contributed by atoms with E-state index in [1.807, 2.05) is 54.2 Å².